The van der Waals surface area contributed by atoms with E-state index in [2.05, 4.69) is 0 Å². The molecular formula is C19H27NO3. The van der Waals surface area contributed by atoms with E-state index in [1.165, 1.54) is 0 Å². The molecule has 1 fully saturated rings. The summed E-state index contributed by atoms with van der Waals surface area (Å²) in [5.74, 6) is 0.296. The van der Waals surface area contributed by atoms with Crippen LogP contribution in [0.1, 0.15) is 56.8 Å². The number of amides is 1. The molecule has 0 radical (unpaired) electrons. The predicted octanol–water partition coefficient (Wildman–Crippen LogP) is 4.30. The summed E-state index contributed by atoms with van der Waals surface area (Å²) in [4.78, 5) is 26.3. The average molecular weight is 317 g/mol. The minimum absolute atomic E-state index is 0.0701. The Kier molecular flexibility index (Phi) is 5.45. The maximum Gasteiger partial charge on any atom is 0.410 e. The van der Waals surface area contributed by atoms with E-state index in [0.717, 1.165) is 31.2 Å². The van der Waals surface area contributed by atoms with Crippen molar-refractivity contribution in [2.45, 2.75) is 58.1 Å². The molecule has 0 saturated heterocycles. The van der Waals surface area contributed by atoms with Gasteiger partial charge in [-0.1, -0.05) is 30.3 Å². The lowest BCUT2D eigenvalue weighted by Crippen LogP contribution is -2.43. The maximum absolute atomic E-state index is 12.5. The van der Waals surface area contributed by atoms with Gasteiger partial charge in [-0.15, -0.1) is 0 Å². The average Bonchev–Trinajstić information content (AvgIpc) is 2.53. The molecule has 0 spiro atoms. The molecule has 126 valence electrons. The zero-order valence-electron chi connectivity index (χ0n) is 14.5. The number of benzene rings is 1. The molecule has 2 rings (SSSR count). The second kappa shape index (κ2) is 7.16. The molecule has 1 amide bonds. The van der Waals surface area contributed by atoms with Crippen molar-refractivity contribution in [2.24, 2.45) is 5.92 Å². The highest BCUT2D eigenvalue weighted by Crippen LogP contribution is 2.30. The van der Waals surface area contributed by atoms with Crippen LogP contribution in [0, 0.1) is 5.92 Å². The second-order valence-corrected chi connectivity index (χ2v) is 7.33. The van der Waals surface area contributed by atoms with Gasteiger partial charge in [0, 0.05) is 24.6 Å². The molecule has 23 heavy (non-hydrogen) atoms. The number of carbonyl (C=O) groups is 2. The van der Waals surface area contributed by atoms with Gasteiger partial charge in [-0.3, -0.25) is 4.79 Å². The van der Waals surface area contributed by atoms with Crippen LogP contribution in [0.3, 0.4) is 0 Å². The van der Waals surface area contributed by atoms with Gasteiger partial charge in [-0.2, -0.15) is 0 Å². The Morgan fingerprint density at radius 1 is 1.04 bits per heavy atom. The molecule has 1 aromatic rings. The van der Waals surface area contributed by atoms with Crippen molar-refractivity contribution in [1.82, 2.24) is 4.90 Å². The van der Waals surface area contributed by atoms with Crippen molar-refractivity contribution in [3.05, 3.63) is 35.9 Å². The van der Waals surface area contributed by atoms with Crippen molar-refractivity contribution < 1.29 is 14.3 Å². The van der Waals surface area contributed by atoms with E-state index in [1.54, 1.807) is 11.9 Å². The third-order valence-electron chi connectivity index (χ3n) is 4.36. The highest BCUT2D eigenvalue weighted by Gasteiger charge is 2.31. The van der Waals surface area contributed by atoms with E-state index in [-0.39, 0.29) is 23.8 Å². The first-order valence-corrected chi connectivity index (χ1v) is 8.33. The number of ether oxygens (including phenoxy) is 1. The molecule has 0 bridgehead atoms. The van der Waals surface area contributed by atoms with Gasteiger partial charge >= 0.3 is 6.09 Å². The fourth-order valence-corrected chi connectivity index (χ4v) is 3.05. The topological polar surface area (TPSA) is 46.6 Å². The van der Waals surface area contributed by atoms with Gasteiger partial charge in [0.15, 0.2) is 5.78 Å². The molecule has 1 aromatic carbocycles. The normalized spacial score (nSPS) is 21.6. The second-order valence-electron chi connectivity index (χ2n) is 7.33. The highest BCUT2D eigenvalue weighted by atomic mass is 16.6. The molecule has 0 heterocycles. The number of Topliss-reactive ketones (excluding diaryl/α,β-unsaturated/α-hetero) is 1. The summed E-state index contributed by atoms with van der Waals surface area (Å²) in [6.45, 7) is 5.61. The minimum atomic E-state index is -0.480. The molecule has 0 aromatic heterocycles. The molecule has 0 aliphatic heterocycles. The Labute approximate surface area is 138 Å². The van der Waals surface area contributed by atoms with Crippen molar-refractivity contribution in [2.75, 3.05) is 7.05 Å². The quantitative estimate of drug-likeness (QED) is 0.781. The van der Waals surface area contributed by atoms with Gasteiger partial charge in [0.05, 0.1) is 0 Å². The molecular weight excluding hydrogens is 290 g/mol. The van der Waals surface area contributed by atoms with Gasteiger partial charge in [-0.05, 0) is 46.5 Å². The van der Waals surface area contributed by atoms with Crippen LogP contribution in [0.5, 0.6) is 0 Å². The lowest BCUT2D eigenvalue weighted by Gasteiger charge is -2.35. The van der Waals surface area contributed by atoms with Crippen LogP contribution in [-0.2, 0) is 4.74 Å². The van der Waals surface area contributed by atoms with Crippen molar-refractivity contribution >= 4 is 11.9 Å². The lowest BCUT2D eigenvalue weighted by atomic mass is 9.81. The van der Waals surface area contributed by atoms with E-state index in [9.17, 15) is 9.59 Å². The Hall–Kier alpha value is -1.84. The van der Waals surface area contributed by atoms with Crippen molar-refractivity contribution in [3.63, 3.8) is 0 Å². The first-order valence-electron chi connectivity index (χ1n) is 8.33. The largest absolute Gasteiger partial charge is 0.444 e. The zero-order valence-corrected chi connectivity index (χ0v) is 14.5. The van der Waals surface area contributed by atoms with Crippen molar-refractivity contribution in [1.29, 1.82) is 0 Å². The first kappa shape index (κ1) is 17.5. The van der Waals surface area contributed by atoms with Crippen LogP contribution in [-0.4, -0.2) is 35.5 Å². The fourth-order valence-electron chi connectivity index (χ4n) is 3.05. The number of nitrogens with zero attached hydrogens (tertiary/aromatic N) is 1. The number of carbonyl (C=O) groups excluding carboxylic acids is 2. The van der Waals surface area contributed by atoms with E-state index in [0.29, 0.717) is 0 Å². The molecule has 4 heteroatoms. The van der Waals surface area contributed by atoms with Crippen LogP contribution in [0.2, 0.25) is 0 Å². The number of rotatable bonds is 3. The maximum atomic E-state index is 12.5. The summed E-state index contributed by atoms with van der Waals surface area (Å²) in [7, 11) is 1.79. The Morgan fingerprint density at radius 2 is 1.61 bits per heavy atom. The number of hydrogen-bond acceptors (Lipinski definition) is 3. The van der Waals surface area contributed by atoms with Gasteiger partial charge < -0.3 is 9.64 Å². The molecule has 4 nitrogen and oxygen atoms in total. The van der Waals surface area contributed by atoms with E-state index in [1.807, 2.05) is 51.1 Å². The van der Waals surface area contributed by atoms with Crippen molar-refractivity contribution in [3.8, 4) is 0 Å². The van der Waals surface area contributed by atoms with Crippen LogP contribution < -0.4 is 0 Å². The van der Waals surface area contributed by atoms with Crippen LogP contribution in [0.4, 0.5) is 4.79 Å². The summed E-state index contributed by atoms with van der Waals surface area (Å²) in [6, 6.07) is 9.63. The molecule has 1 aliphatic rings. The monoisotopic (exact) mass is 317 g/mol. The van der Waals surface area contributed by atoms with E-state index in [4.69, 9.17) is 4.74 Å². The molecule has 0 N–H and O–H groups in total. The Balaban J connectivity index is 1.88. The lowest BCUT2D eigenvalue weighted by molar-refractivity contribution is 0.0175. The summed E-state index contributed by atoms with van der Waals surface area (Å²) >= 11 is 0. The van der Waals surface area contributed by atoms with Crippen LogP contribution in [0.15, 0.2) is 30.3 Å². The highest BCUT2D eigenvalue weighted by molar-refractivity contribution is 5.97. The molecule has 0 atom stereocenters. The third kappa shape index (κ3) is 4.81. The third-order valence-corrected chi connectivity index (χ3v) is 4.36. The first-order chi connectivity index (χ1) is 10.8. The van der Waals surface area contributed by atoms with Gasteiger partial charge in [0.2, 0.25) is 0 Å². The zero-order chi connectivity index (χ0) is 17.0. The Bertz CT molecular complexity index is 539. The number of ketones is 1. The molecule has 1 aliphatic carbocycles. The fraction of sp³-hybridized carbons (Fsp3) is 0.579. The SMILES string of the molecule is CN(C(=O)OC(C)(C)C)[C@H]1CC[C@@H](C(=O)c2ccccc2)CC1. The van der Waals surface area contributed by atoms with E-state index < -0.39 is 5.60 Å². The summed E-state index contributed by atoms with van der Waals surface area (Å²) in [6.07, 6.45) is 3.06. The number of hydrogen-bond donors (Lipinski definition) is 0. The standard InChI is InChI=1S/C19H27NO3/c1-19(2,3)23-18(22)20(4)16-12-10-15(11-13-16)17(21)14-8-6-5-7-9-14/h5-9,15-16H,10-13H2,1-4H3/t15-,16+. The molecule has 0 unspecified atom stereocenters. The smallest absolute Gasteiger partial charge is 0.410 e. The Morgan fingerprint density at radius 3 is 2.13 bits per heavy atom. The van der Waals surface area contributed by atoms with Crippen LogP contribution in [0.25, 0.3) is 0 Å². The van der Waals surface area contributed by atoms with Gasteiger partial charge in [-0.25, -0.2) is 4.79 Å². The van der Waals surface area contributed by atoms with Crippen LogP contribution >= 0.6 is 0 Å². The summed E-state index contributed by atoms with van der Waals surface area (Å²) < 4.78 is 5.42. The summed E-state index contributed by atoms with van der Waals surface area (Å²) in [5.41, 5.74) is 0.308. The summed E-state index contributed by atoms with van der Waals surface area (Å²) in [5, 5.41) is 0. The molecule has 1 saturated carbocycles. The van der Waals surface area contributed by atoms with Gasteiger partial charge in [0.25, 0.3) is 0 Å². The van der Waals surface area contributed by atoms with E-state index >= 15 is 0 Å². The minimum Gasteiger partial charge on any atom is -0.444 e. The predicted molar refractivity (Wildman–Crippen MR) is 90.5 cm³/mol. The van der Waals surface area contributed by atoms with Gasteiger partial charge in [0.1, 0.15) is 5.60 Å².